The van der Waals surface area contributed by atoms with E-state index in [4.69, 9.17) is 0 Å². The summed E-state index contributed by atoms with van der Waals surface area (Å²) in [5, 5.41) is 7.50. The molecule has 2 N–H and O–H groups in total. The molecule has 6 unspecified atom stereocenters. The average Bonchev–Trinajstić information content (AvgIpc) is 3.09. The monoisotopic (exact) mass is 248 g/mol. The van der Waals surface area contributed by atoms with Crippen molar-refractivity contribution in [2.75, 3.05) is 19.6 Å². The third kappa shape index (κ3) is 1.92. The van der Waals surface area contributed by atoms with E-state index in [9.17, 15) is 0 Å². The molecular formula is C16H28N2. The second-order valence-electron chi connectivity index (χ2n) is 7.38. The molecule has 2 bridgehead atoms. The van der Waals surface area contributed by atoms with Crippen molar-refractivity contribution < 1.29 is 0 Å². The van der Waals surface area contributed by atoms with Gasteiger partial charge in [0.2, 0.25) is 0 Å². The smallest absolute Gasteiger partial charge is 0.0101 e. The van der Waals surface area contributed by atoms with Gasteiger partial charge in [0.25, 0.3) is 0 Å². The largest absolute Gasteiger partial charge is 0.316 e. The van der Waals surface area contributed by atoms with Gasteiger partial charge in [-0.05, 0) is 87.7 Å². The molecule has 0 amide bonds. The van der Waals surface area contributed by atoms with Crippen LogP contribution in [0.5, 0.6) is 0 Å². The topological polar surface area (TPSA) is 24.1 Å². The van der Waals surface area contributed by atoms with Crippen LogP contribution < -0.4 is 10.6 Å². The first-order valence-corrected chi connectivity index (χ1v) is 8.36. The highest BCUT2D eigenvalue weighted by Crippen LogP contribution is 2.58. The van der Waals surface area contributed by atoms with E-state index in [0.717, 1.165) is 35.6 Å². The molecule has 102 valence electrons. The van der Waals surface area contributed by atoms with Crippen LogP contribution in [0.15, 0.2) is 0 Å². The van der Waals surface area contributed by atoms with Crippen LogP contribution in [0, 0.1) is 29.6 Å². The number of hydrogen-bond donors (Lipinski definition) is 2. The van der Waals surface area contributed by atoms with E-state index in [1.807, 2.05) is 0 Å². The van der Waals surface area contributed by atoms with E-state index < -0.39 is 0 Å². The van der Waals surface area contributed by atoms with Gasteiger partial charge in [-0.25, -0.2) is 0 Å². The van der Waals surface area contributed by atoms with Gasteiger partial charge in [-0.1, -0.05) is 6.42 Å². The summed E-state index contributed by atoms with van der Waals surface area (Å²) in [6.45, 7) is 3.77. The number of hydrogen-bond acceptors (Lipinski definition) is 2. The minimum absolute atomic E-state index is 0.885. The Morgan fingerprint density at radius 2 is 1.89 bits per heavy atom. The highest BCUT2D eigenvalue weighted by atomic mass is 15.0. The Bertz CT molecular complexity index is 297. The molecule has 0 aromatic rings. The van der Waals surface area contributed by atoms with Crippen molar-refractivity contribution in [1.82, 2.24) is 10.6 Å². The highest BCUT2D eigenvalue weighted by molar-refractivity contribution is 5.05. The maximum Gasteiger partial charge on any atom is 0.0101 e. The summed E-state index contributed by atoms with van der Waals surface area (Å²) in [6.07, 6.45) is 10.5. The Balaban J connectivity index is 1.31. The molecule has 0 aromatic heterocycles. The van der Waals surface area contributed by atoms with Gasteiger partial charge >= 0.3 is 0 Å². The van der Waals surface area contributed by atoms with Crippen molar-refractivity contribution >= 4 is 0 Å². The molecular weight excluding hydrogens is 220 g/mol. The van der Waals surface area contributed by atoms with Crippen molar-refractivity contribution in [2.45, 2.75) is 51.0 Å². The molecule has 1 saturated heterocycles. The predicted octanol–water partition coefficient (Wildman–Crippen LogP) is 2.40. The van der Waals surface area contributed by atoms with Crippen LogP contribution in [-0.4, -0.2) is 25.7 Å². The average molecular weight is 248 g/mol. The minimum Gasteiger partial charge on any atom is -0.316 e. The summed E-state index contributed by atoms with van der Waals surface area (Å²) in [5.74, 6) is 5.32. The van der Waals surface area contributed by atoms with E-state index in [-0.39, 0.29) is 0 Å². The summed E-state index contributed by atoms with van der Waals surface area (Å²) < 4.78 is 0. The van der Waals surface area contributed by atoms with Crippen LogP contribution in [0.3, 0.4) is 0 Å². The van der Waals surface area contributed by atoms with Crippen molar-refractivity contribution in [3.8, 4) is 0 Å². The quantitative estimate of drug-likeness (QED) is 0.801. The molecule has 0 radical (unpaired) electrons. The third-order valence-corrected chi connectivity index (χ3v) is 6.50. The lowest BCUT2D eigenvalue weighted by molar-refractivity contribution is 0.200. The molecule has 2 heteroatoms. The van der Waals surface area contributed by atoms with Crippen molar-refractivity contribution in [2.24, 2.45) is 29.6 Å². The fourth-order valence-electron chi connectivity index (χ4n) is 5.72. The Hall–Kier alpha value is -0.0800. The van der Waals surface area contributed by atoms with Crippen molar-refractivity contribution in [3.05, 3.63) is 0 Å². The molecule has 0 spiro atoms. The number of nitrogens with one attached hydrogen (secondary N) is 2. The fraction of sp³-hybridized carbons (Fsp3) is 1.00. The SMILES string of the molecule is C1CNCC(CNC2CC3CC2C2CCCC32)C1. The number of fused-ring (bicyclic) bond motifs is 5. The van der Waals surface area contributed by atoms with Crippen LogP contribution in [0.25, 0.3) is 0 Å². The molecule has 1 aliphatic heterocycles. The normalized spacial score (nSPS) is 50.7. The Morgan fingerprint density at radius 1 is 0.944 bits per heavy atom. The van der Waals surface area contributed by atoms with Gasteiger partial charge in [-0.3, -0.25) is 0 Å². The second-order valence-corrected chi connectivity index (χ2v) is 7.38. The highest BCUT2D eigenvalue weighted by Gasteiger charge is 2.53. The van der Waals surface area contributed by atoms with Crippen molar-refractivity contribution in [3.63, 3.8) is 0 Å². The summed E-state index contributed by atoms with van der Waals surface area (Å²) >= 11 is 0. The van der Waals surface area contributed by atoms with Gasteiger partial charge in [0.15, 0.2) is 0 Å². The molecule has 18 heavy (non-hydrogen) atoms. The van der Waals surface area contributed by atoms with Crippen LogP contribution in [0.1, 0.15) is 44.9 Å². The first-order valence-electron chi connectivity index (χ1n) is 8.36. The maximum atomic E-state index is 3.96. The number of piperidine rings is 1. The zero-order valence-electron chi connectivity index (χ0n) is 11.5. The van der Waals surface area contributed by atoms with Gasteiger partial charge in [-0.15, -0.1) is 0 Å². The molecule has 4 fully saturated rings. The van der Waals surface area contributed by atoms with Gasteiger partial charge in [0, 0.05) is 6.04 Å². The standard InChI is InChI=1S/C16H28N2/c1-4-13-12-7-15(14(13)5-1)16(8-12)18-10-11-3-2-6-17-9-11/h11-18H,1-10H2. The van der Waals surface area contributed by atoms with E-state index in [1.165, 1.54) is 45.3 Å². The molecule has 0 aromatic carbocycles. The molecule has 6 atom stereocenters. The van der Waals surface area contributed by atoms with Gasteiger partial charge in [0.1, 0.15) is 0 Å². The second kappa shape index (κ2) is 4.79. The van der Waals surface area contributed by atoms with Gasteiger partial charge in [-0.2, -0.15) is 0 Å². The zero-order chi connectivity index (χ0) is 11.9. The van der Waals surface area contributed by atoms with E-state index in [2.05, 4.69) is 10.6 Å². The minimum atomic E-state index is 0.885. The lowest BCUT2D eigenvalue weighted by Gasteiger charge is -2.34. The lowest BCUT2D eigenvalue weighted by atomic mass is 9.79. The predicted molar refractivity (Wildman–Crippen MR) is 74.4 cm³/mol. The fourth-order valence-corrected chi connectivity index (χ4v) is 5.72. The summed E-state index contributed by atoms with van der Waals surface area (Å²) in [7, 11) is 0. The summed E-state index contributed by atoms with van der Waals surface area (Å²) in [5.41, 5.74) is 0. The van der Waals surface area contributed by atoms with Crippen LogP contribution in [0.2, 0.25) is 0 Å². The Morgan fingerprint density at radius 3 is 2.78 bits per heavy atom. The molecule has 3 aliphatic carbocycles. The third-order valence-electron chi connectivity index (χ3n) is 6.50. The first kappa shape index (κ1) is 11.7. The van der Waals surface area contributed by atoms with Crippen LogP contribution in [-0.2, 0) is 0 Å². The maximum absolute atomic E-state index is 3.96. The summed E-state index contributed by atoms with van der Waals surface area (Å²) in [6, 6.07) is 0.885. The molecule has 4 rings (SSSR count). The number of rotatable bonds is 3. The van der Waals surface area contributed by atoms with E-state index in [0.29, 0.717) is 0 Å². The first-order chi connectivity index (χ1) is 8.92. The molecule has 2 nitrogen and oxygen atoms in total. The van der Waals surface area contributed by atoms with Crippen LogP contribution in [0.4, 0.5) is 0 Å². The molecule has 3 saturated carbocycles. The zero-order valence-corrected chi connectivity index (χ0v) is 11.5. The van der Waals surface area contributed by atoms with Crippen molar-refractivity contribution in [1.29, 1.82) is 0 Å². The van der Waals surface area contributed by atoms with E-state index in [1.54, 1.807) is 19.3 Å². The summed E-state index contributed by atoms with van der Waals surface area (Å²) in [4.78, 5) is 0. The lowest BCUT2D eigenvalue weighted by Crippen LogP contribution is -2.44. The van der Waals surface area contributed by atoms with Crippen LogP contribution >= 0.6 is 0 Å². The van der Waals surface area contributed by atoms with E-state index >= 15 is 0 Å². The van der Waals surface area contributed by atoms with Gasteiger partial charge in [0.05, 0.1) is 0 Å². The molecule has 4 aliphatic rings. The van der Waals surface area contributed by atoms with Gasteiger partial charge < -0.3 is 10.6 Å². The Kier molecular flexibility index (Phi) is 3.12. The molecule has 1 heterocycles. The Labute approximate surface area is 111 Å².